The van der Waals surface area contributed by atoms with E-state index in [0.29, 0.717) is 18.0 Å². The number of imidazole rings is 1. The molecule has 1 aromatic rings. The Bertz CT molecular complexity index is 632. The number of amides is 1. The normalized spacial score (nSPS) is 31.8. The van der Waals surface area contributed by atoms with E-state index < -0.39 is 0 Å². The minimum atomic E-state index is -0.194. The van der Waals surface area contributed by atoms with Crippen LogP contribution in [0.1, 0.15) is 38.5 Å². The zero-order valence-electron chi connectivity index (χ0n) is 15.5. The lowest BCUT2D eigenvalue weighted by atomic mass is 9.96. The summed E-state index contributed by atoms with van der Waals surface area (Å²) in [5.41, 5.74) is -0.194. The molecule has 0 aromatic carbocycles. The van der Waals surface area contributed by atoms with Gasteiger partial charge < -0.3 is 14.6 Å². The molecule has 0 radical (unpaired) electrons. The summed E-state index contributed by atoms with van der Waals surface area (Å²) < 4.78 is 7.59. The van der Waals surface area contributed by atoms with Crippen LogP contribution in [-0.4, -0.2) is 58.7 Å². The summed E-state index contributed by atoms with van der Waals surface area (Å²) in [7, 11) is 0. The van der Waals surface area contributed by atoms with Gasteiger partial charge >= 0.3 is 0 Å². The van der Waals surface area contributed by atoms with E-state index in [0.717, 1.165) is 64.4 Å². The molecule has 2 atom stereocenters. The summed E-state index contributed by atoms with van der Waals surface area (Å²) >= 11 is 0. The fourth-order valence-corrected chi connectivity index (χ4v) is 5.02. The SMILES string of the molecule is O=C(N[C@@H]1CN(C2CCOCC2)C[C@H]1C1CC1)C1(Cn2ccnc2)CC1. The van der Waals surface area contributed by atoms with E-state index in [1.54, 1.807) is 6.20 Å². The molecule has 1 amide bonds. The molecule has 4 aliphatic rings. The Morgan fingerprint density at radius 2 is 2.00 bits per heavy atom. The molecule has 142 valence electrons. The van der Waals surface area contributed by atoms with E-state index in [1.807, 2.05) is 17.1 Å². The van der Waals surface area contributed by atoms with Gasteiger partial charge in [-0.15, -0.1) is 0 Å². The minimum absolute atomic E-state index is 0.194. The Morgan fingerprint density at radius 3 is 2.65 bits per heavy atom. The van der Waals surface area contributed by atoms with Crippen LogP contribution in [0.5, 0.6) is 0 Å². The summed E-state index contributed by atoms with van der Waals surface area (Å²) in [5, 5.41) is 3.49. The lowest BCUT2D eigenvalue weighted by Gasteiger charge is -2.31. The minimum Gasteiger partial charge on any atom is -0.381 e. The smallest absolute Gasteiger partial charge is 0.228 e. The summed E-state index contributed by atoms with van der Waals surface area (Å²) in [5.74, 6) is 1.75. The molecule has 0 bridgehead atoms. The quantitative estimate of drug-likeness (QED) is 0.840. The number of ether oxygens (including phenoxy) is 1. The third-order valence-corrected chi connectivity index (χ3v) is 7.02. The number of carbonyl (C=O) groups is 1. The molecule has 2 aliphatic heterocycles. The topological polar surface area (TPSA) is 59.4 Å². The van der Waals surface area contributed by atoms with Gasteiger partial charge in [-0.3, -0.25) is 9.69 Å². The lowest BCUT2D eigenvalue weighted by molar-refractivity contribution is -0.127. The maximum absolute atomic E-state index is 13.1. The number of aromatic nitrogens is 2. The maximum Gasteiger partial charge on any atom is 0.228 e. The number of hydrogen-bond donors (Lipinski definition) is 1. The first-order valence-corrected chi connectivity index (χ1v) is 10.3. The molecule has 3 heterocycles. The molecule has 5 rings (SSSR count). The Kier molecular flexibility index (Phi) is 4.28. The van der Waals surface area contributed by atoms with E-state index in [9.17, 15) is 4.79 Å². The molecular formula is C20H30N4O2. The van der Waals surface area contributed by atoms with Crippen molar-refractivity contribution in [1.29, 1.82) is 0 Å². The fourth-order valence-electron chi connectivity index (χ4n) is 5.02. The first kappa shape index (κ1) is 16.8. The van der Waals surface area contributed by atoms with Crippen LogP contribution in [0.2, 0.25) is 0 Å². The maximum atomic E-state index is 13.1. The number of nitrogens with zero attached hydrogens (tertiary/aromatic N) is 3. The Morgan fingerprint density at radius 1 is 1.19 bits per heavy atom. The molecule has 4 fully saturated rings. The van der Waals surface area contributed by atoms with Gasteiger partial charge in [-0.05, 0) is 50.4 Å². The van der Waals surface area contributed by atoms with Crippen molar-refractivity contribution in [3.05, 3.63) is 18.7 Å². The number of hydrogen-bond acceptors (Lipinski definition) is 4. The lowest BCUT2D eigenvalue weighted by Crippen LogP contribution is -2.46. The van der Waals surface area contributed by atoms with Gasteiger partial charge in [0.15, 0.2) is 0 Å². The molecule has 0 spiro atoms. The van der Waals surface area contributed by atoms with Gasteiger partial charge in [-0.25, -0.2) is 4.98 Å². The highest BCUT2D eigenvalue weighted by Gasteiger charge is 2.52. The Balaban J connectivity index is 1.24. The van der Waals surface area contributed by atoms with Crippen LogP contribution in [0.15, 0.2) is 18.7 Å². The van der Waals surface area contributed by atoms with Crippen molar-refractivity contribution in [3.8, 4) is 0 Å². The van der Waals surface area contributed by atoms with Crippen LogP contribution in [0.3, 0.4) is 0 Å². The van der Waals surface area contributed by atoms with Gasteiger partial charge in [0, 0.05) is 57.3 Å². The van der Waals surface area contributed by atoms with Gasteiger partial charge in [0.05, 0.1) is 11.7 Å². The van der Waals surface area contributed by atoms with Crippen molar-refractivity contribution in [3.63, 3.8) is 0 Å². The average Bonchev–Trinajstić information content (AvgIpc) is 3.56. The van der Waals surface area contributed by atoms with Crippen LogP contribution < -0.4 is 5.32 Å². The third kappa shape index (κ3) is 3.29. The van der Waals surface area contributed by atoms with E-state index in [2.05, 4.69) is 15.2 Å². The summed E-state index contributed by atoms with van der Waals surface area (Å²) in [6, 6.07) is 0.978. The molecule has 2 aliphatic carbocycles. The largest absolute Gasteiger partial charge is 0.381 e. The van der Waals surface area contributed by atoms with Gasteiger partial charge in [0.25, 0.3) is 0 Å². The summed E-state index contributed by atoms with van der Waals surface area (Å²) in [4.78, 5) is 19.9. The predicted octanol–water partition coefficient (Wildman–Crippen LogP) is 1.67. The van der Waals surface area contributed by atoms with Crippen molar-refractivity contribution in [2.45, 2.75) is 57.2 Å². The zero-order chi connectivity index (χ0) is 17.6. The van der Waals surface area contributed by atoms with Crippen LogP contribution in [0, 0.1) is 17.3 Å². The fraction of sp³-hybridized carbons (Fsp3) is 0.800. The van der Waals surface area contributed by atoms with E-state index in [-0.39, 0.29) is 11.3 Å². The van der Waals surface area contributed by atoms with Crippen molar-refractivity contribution < 1.29 is 9.53 Å². The molecule has 1 aromatic heterocycles. The van der Waals surface area contributed by atoms with Gasteiger partial charge in [-0.2, -0.15) is 0 Å². The standard InChI is InChI=1S/C20H30N4O2/c25-19(20(5-6-20)13-23-8-7-21-14-23)22-18-12-24(11-17(18)15-1-2-15)16-3-9-26-10-4-16/h7-8,14-18H,1-6,9-13H2,(H,22,25)/t17-,18+/m0/s1. The molecular weight excluding hydrogens is 328 g/mol. The molecule has 2 saturated carbocycles. The second-order valence-corrected chi connectivity index (χ2v) is 8.89. The van der Waals surface area contributed by atoms with Crippen LogP contribution >= 0.6 is 0 Å². The van der Waals surface area contributed by atoms with Crippen molar-refractivity contribution in [1.82, 2.24) is 19.8 Å². The number of carbonyl (C=O) groups excluding carboxylic acids is 1. The van der Waals surface area contributed by atoms with Crippen LogP contribution in [-0.2, 0) is 16.1 Å². The Hall–Kier alpha value is -1.40. The molecule has 6 heteroatoms. The van der Waals surface area contributed by atoms with Gasteiger partial charge in [-0.1, -0.05) is 0 Å². The van der Waals surface area contributed by atoms with Gasteiger partial charge in [0.1, 0.15) is 0 Å². The highest BCUT2D eigenvalue weighted by molar-refractivity contribution is 5.85. The number of likely N-dealkylation sites (tertiary alicyclic amines) is 1. The molecule has 0 unspecified atom stereocenters. The van der Waals surface area contributed by atoms with Crippen molar-refractivity contribution in [2.24, 2.45) is 17.3 Å². The highest BCUT2D eigenvalue weighted by atomic mass is 16.5. The van der Waals surface area contributed by atoms with Crippen LogP contribution in [0.25, 0.3) is 0 Å². The van der Waals surface area contributed by atoms with Gasteiger partial charge in [0.2, 0.25) is 5.91 Å². The molecule has 6 nitrogen and oxygen atoms in total. The third-order valence-electron chi connectivity index (χ3n) is 7.02. The molecule has 2 saturated heterocycles. The van der Waals surface area contributed by atoms with Crippen molar-refractivity contribution in [2.75, 3.05) is 26.3 Å². The van der Waals surface area contributed by atoms with E-state index in [1.165, 1.54) is 12.8 Å². The summed E-state index contributed by atoms with van der Waals surface area (Å²) in [6.45, 7) is 4.73. The average molecular weight is 358 g/mol. The first-order chi connectivity index (χ1) is 12.7. The second kappa shape index (κ2) is 6.64. The highest BCUT2D eigenvalue weighted by Crippen LogP contribution is 2.48. The zero-order valence-corrected chi connectivity index (χ0v) is 15.5. The predicted molar refractivity (Wildman–Crippen MR) is 97.5 cm³/mol. The van der Waals surface area contributed by atoms with Crippen molar-refractivity contribution >= 4 is 5.91 Å². The van der Waals surface area contributed by atoms with E-state index >= 15 is 0 Å². The van der Waals surface area contributed by atoms with E-state index in [4.69, 9.17) is 4.74 Å². The van der Waals surface area contributed by atoms with Crippen LogP contribution in [0.4, 0.5) is 0 Å². The number of nitrogens with one attached hydrogen (secondary N) is 1. The molecule has 26 heavy (non-hydrogen) atoms. The first-order valence-electron chi connectivity index (χ1n) is 10.3. The summed E-state index contributed by atoms with van der Waals surface area (Å²) in [6.07, 6.45) is 12.6. The Labute approximate surface area is 155 Å². The monoisotopic (exact) mass is 358 g/mol. The molecule has 1 N–H and O–H groups in total. The number of rotatable bonds is 6. The second-order valence-electron chi connectivity index (χ2n) is 8.89.